The highest BCUT2D eigenvalue weighted by Gasteiger charge is 2.31. The molecule has 1 fully saturated rings. The van der Waals surface area contributed by atoms with E-state index in [1.807, 2.05) is 0 Å². The summed E-state index contributed by atoms with van der Waals surface area (Å²) in [7, 11) is 0. The molecular formula is C30H46O7. The second-order valence-corrected chi connectivity index (χ2v) is 10.8. The van der Waals surface area contributed by atoms with Crippen molar-refractivity contribution in [2.24, 2.45) is 23.7 Å². The summed E-state index contributed by atoms with van der Waals surface area (Å²) in [5, 5.41) is 18.3. The third-order valence-electron chi connectivity index (χ3n) is 7.07. The van der Waals surface area contributed by atoms with Crippen LogP contribution in [0.25, 0.3) is 0 Å². The Morgan fingerprint density at radius 1 is 1.03 bits per heavy atom. The first-order chi connectivity index (χ1) is 17.7. The molecule has 0 bridgehead atoms. The van der Waals surface area contributed by atoms with Crippen LogP contribution in [0, 0.1) is 23.7 Å². The summed E-state index contributed by atoms with van der Waals surface area (Å²) in [5.41, 5.74) is 2.71. The Morgan fingerprint density at radius 3 is 2.24 bits per heavy atom. The van der Waals surface area contributed by atoms with Crippen molar-refractivity contribution in [2.45, 2.75) is 71.8 Å². The number of esters is 2. The molecule has 1 saturated heterocycles. The molecule has 2 N–H and O–H groups in total. The number of benzene rings is 1. The van der Waals surface area contributed by atoms with Crippen LogP contribution in [0.3, 0.4) is 0 Å². The Hall–Kier alpha value is -2.22. The van der Waals surface area contributed by atoms with Crippen molar-refractivity contribution in [3.05, 3.63) is 47.5 Å². The average molecular weight is 519 g/mol. The third kappa shape index (κ3) is 11.4. The van der Waals surface area contributed by atoms with Gasteiger partial charge in [-0.25, -0.2) is 4.79 Å². The lowest BCUT2D eigenvalue weighted by molar-refractivity contribution is -0.157. The maximum atomic E-state index is 12.0. The molecule has 0 saturated carbocycles. The maximum absolute atomic E-state index is 12.0. The minimum absolute atomic E-state index is 0.00249. The molecule has 1 heterocycles. The van der Waals surface area contributed by atoms with Crippen LogP contribution in [-0.4, -0.2) is 61.3 Å². The summed E-state index contributed by atoms with van der Waals surface area (Å²) >= 11 is 0. The van der Waals surface area contributed by atoms with Crippen LogP contribution in [0.15, 0.2) is 36.4 Å². The highest BCUT2D eigenvalue weighted by atomic mass is 16.6. The zero-order valence-corrected chi connectivity index (χ0v) is 22.8. The van der Waals surface area contributed by atoms with Crippen LogP contribution in [-0.2, 0) is 36.6 Å². The normalized spacial score (nSPS) is 19.3. The number of carbonyl (C=O) groups is 2. The highest BCUT2D eigenvalue weighted by Crippen LogP contribution is 2.28. The predicted molar refractivity (Wildman–Crippen MR) is 143 cm³/mol. The van der Waals surface area contributed by atoms with Gasteiger partial charge in [0.2, 0.25) is 0 Å². The Kier molecular flexibility index (Phi) is 13.9. The van der Waals surface area contributed by atoms with E-state index in [1.165, 1.54) is 24.0 Å². The van der Waals surface area contributed by atoms with Gasteiger partial charge in [0.15, 0.2) is 0 Å². The Labute approximate surface area is 222 Å². The van der Waals surface area contributed by atoms with Crippen molar-refractivity contribution < 1.29 is 34.0 Å². The molecule has 1 aromatic rings. The number of aliphatic hydroxyl groups is 2. The SMILES string of the molecule is C=C(CO)C(=O)OCC(COC(=O)C(C)CO)C1CCC(CCc2ccc(CCCC(C)C)cc2)CO1. The Balaban J connectivity index is 1.82. The van der Waals surface area contributed by atoms with Crippen LogP contribution < -0.4 is 0 Å². The number of hydrogen-bond acceptors (Lipinski definition) is 7. The van der Waals surface area contributed by atoms with Gasteiger partial charge in [-0.3, -0.25) is 4.79 Å². The van der Waals surface area contributed by atoms with Crippen molar-refractivity contribution >= 4 is 11.9 Å². The highest BCUT2D eigenvalue weighted by molar-refractivity contribution is 5.87. The number of aryl methyl sites for hydroxylation is 2. The molecule has 4 atom stereocenters. The van der Waals surface area contributed by atoms with Gasteiger partial charge in [-0.05, 0) is 68.4 Å². The summed E-state index contributed by atoms with van der Waals surface area (Å²) in [6.45, 7) is 9.46. The fourth-order valence-corrected chi connectivity index (χ4v) is 4.40. The van der Waals surface area contributed by atoms with Crippen LogP contribution in [0.2, 0.25) is 0 Å². The fraction of sp³-hybridized carbons (Fsp3) is 0.667. The average Bonchev–Trinajstić information content (AvgIpc) is 2.91. The largest absolute Gasteiger partial charge is 0.465 e. The van der Waals surface area contributed by atoms with Gasteiger partial charge in [0.25, 0.3) is 0 Å². The first-order valence-corrected chi connectivity index (χ1v) is 13.7. The predicted octanol–water partition coefficient (Wildman–Crippen LogP) is 4.27. The first kappa shape index (κ1) is 31.0. The zero-order valence-electron chi connectivity index (χ0n) is 22.8. The van der Waals surface area contributed by atoms with Gasteiger partial charge >= 0.3 is 11.9 Å². The van der Waals surface area contributed by atoms with E-state index in [-0.39, 0.29) is 37.4 Å². The van der Waals surface area contributed by atoms with Crippen molar-refractivity contribution in [3.63, 3.8) is 0 Å². The minimum Gasteiger partial charge on any atom is -0.465 e. The second kappa shape index (κ2) is 16.6. The van der Waals surface area contributed by atoms with E-state index in [2.05, 4.69) is 44.7 Å². The first-order valence-electron chi connectivity index (χ1n) is 13.7. The molecule has 2 rings (SSSR count). The van der Waals surface area contributed by atoms with Crippen LogP contribution in [0.5, 0.6) is 0 Å². The molecule has 208 valence electrons. The molecule has 0 aromatic heterocycles. The minimum atomic E-state index is -0.679. The van der Waals surface area contributed by atoms with Gasteiger partial charge < -0.3 is 24.4 Å². The van der Waals surface area contributed by atoms with E-state index < -0.39 is 24.5 Å². The van der Waals surface area contributed by atoms with Gasteiger partial charge in [0, 0.05) is 6.61 Å². The quantitative estimate of drug-likeness (QED) is 0.249. The van der Waals surface area contributed by atoms with Crippen molar-refractivity contribution in [3.8, 4) is 0 Å². The number of rotatable bonds is 16. The van der Waals surface area contributed by atoms with Gasteiger partial charge in [0.05, 0.1) is 43.3 Å². The molecule has 4 unspecified atom stereocenters. The van der Waals surface area contributed by atoms with E-state index in [9.17, 15) is 14.7 Å². The fourth-order valence-electron chi connectivity index (χ4n) is 4.40. The summed E-state index contributed by atoms with van der Waals surface area (Å²) in [4.78, 5) is 24.0. The smallest absolute Gasteiger partial charge is 0.335 e. The van der Waals surface area contributed by atoms with E-state index in [1.54, 1.807) is 6.92 Å². The molecular weight excluding hydrogens is 472 g/mol. The lowest BCUT2D eigenvalue weighted by Gasteiger charge is -2.34. The number of ether oxygens (including phenoxy) is 3. The van der Waals surface area contributed by atoms with Gasteiger partial charge in [-0.15, -0.1) is 0 Å². The molecule has 1 aromatic carbocycles. The van der Waals surface area contributed by atoms with E-state index in [0.29, 0.717) is 12.5 Å². The molecule has 0 amide bonds. The standard InChI is InChI=1S/C30H46O7/c1-21(2)6-5-7-24-8-10-25(11-9-24)12-13-26-14-15-28(35-18-26)27(19-36-29(33)22(3)16-31)20-37-30(34)23(4)17-32/h8-11,21,23,26-28,31-32H,3,5-7,12-20H2,1-2,4H3. The number of hydrogen-bond donors (Lipinski definition) is 2. The lowest BCUT2D eigenvalue weighted by atomic mass is 9.88. The molecule has 7 nitrogen and oxygen atoms in total. The van der Waals surface area contributed by atoms with Crippen molar-refractivity contribution in [1.82, 2.24) is 0 Å². The monoisotopic (exact) mass is 518 g/mol. The van der Waals surface area contributed by atoms with Crippen LogP contribution in [0.1, 0.15) is 64.0 Å². The molecule has 7 heteroatoms. The van der Waals surface area contributed by atoms with Gasteiger partial charge in [-0.1, -0.05) is 51.1 Å². The van der Waals surface area contributed by atoms with Gasteiger partial charge in [-0.2, -0.15) is 0 Å². The van der Waals surface area contributed by atoms with Crippen molar-refractivity contribution in [1.29, 1.82) is 0 Å². The van der Waals surface area contributed by atoms with E-state index in [0.717, 1.165) is 38.0 Å². The summed E-state index contributed by atoms with van der Waals surface area (Å²) in [6, 6.07) is 8.98. The van der Waals surface area contributed by atoms with Crippen LogP contribution >= 0.6 is 0 Å². The topological polar surface area (TPSA) is 102 Å². The van der Waals surface area contributed by atoms with Crippen LogP contribution in [0.4, 0.5) is 0 Å². The number of aliphatic hydroxyl groups excluding tert-OH is 2. The molecule has 0 spiro atoms. The second-order valence-electron chi connectivity index (χ2n) is 10.8. The zero-order chi connectivity index (χ0) is 27.2. The summed E-state index contributed by atoms with van der Waals surface area (Å²) < 4.78 is 16.8. The molecule has 0 aliphatic carbocycles. The third-order valence-corrected chi connectivity index (χ3v) is 7.07. The summed E-state index contributed by atoms with van der Waals surface area (Å²) in [5.74, 6) is -0.951. The van der Waals surface area contributed by atoms with Gasteiger partial charge in [0.1, 0.15) is 6.61 Å². The molecule has 1 aliphatic rings. The lowest BCUT2D eigenvalue weighted by Crippen LogP contribution is -2.38. The van der Waals surface area contributed by atoms with E-state index >= 15 is 0 Å². The molecule has 1 aliphatic heterocycles. The van der Waals surface area contributed by atoms with Crippen molar-refractivity contribution in [2.75, 3.05) is 33.0 Å². The Bertz CT molecular complexity index is 825. The molecule has 37 heavy (non-hydrogen) atoms. The molecule has 0 radical (unpaired) electrons. The number of carbonyl (C=O) groups excluding carboxylic acids is 2. The summed E-state index contributed by atoms with van der Waals surface area (Å²) in [6.07, 6.45) is 7.21. The Morgan fingerprint density at radius 2 is 1.68 bits per heavy atom. The van der Waals surface area contributed by atoms with E-state index in [4.69, 9.17) is 19.3 Å². The maximum Gasteiger partial charge on any atom is 0.335 e.